The maximum atomic E-state index is 12.6. The second-order valence-electron chi connectivity index (χ2n) is 5.66. The first-order valence-electron chi connectivity index (χ1n) is 7.59. The number of fused-ring (bicyclic) bond motifs is 1. The molecule has 1 aliphatic rings. The van der Waals surface area contributed by atoms with Gasteiger partial charge in [0.1, 0.15) is 5.82 Å². The number of aryl methyl sites for hydroxylation is 1. The first-order chi connectivity index (χ1) is 10.6. The Morgan fingerprint density at radius 2 is 2.00 bits per heavy atom. The SMILES string of the molecule is Cc1nc2ccccc2c(=O)n1C[C@H](O)CN1CCOCC1. The van der Waals surface area contributed by atoms with E-state index < -0.39 is 6.10 Å². The van der Waals surface area contributed by atoms with Gasteiger partial charge in [0.05, 0.1) is 36.8 Å². The molecular formula is C16H21N3O3. The predicted molar refractivity (Wildman–Crippen MR) is 84.0 cm³/mol. The van der Waals surface area contributed by atoms with Crippen LogP contribution in [0.15, 0.2) is 29.1 Å². The first kappa shape index (κ1) is 15.1. The van der Waals surface area contributed by atoms with Crippen LogP contribution in [0.3, 0.4) is 0 Å². The summed E-state index contributed by atoms with van der Waals surface area (Å²) in [6.45, 7) is 5.64. The minimum absolute atomic E-state index is 0.0934. The van der Waals surface area contributed by atoms with Crippen molar-refractivity contribution in [2.45, 2.75) is 19.6 Å². The summed E-state index contributed by atoms with van der Waals surface area (Å²) in [4.78, 5) is 19.2. The van der Waals surface area contributed by atoms with Gasteiger partial charge in [0, 0.05) is 19.6 Å². The first-order valence-corrected chi connectivity index (χ1v) is 7.59. The molecule has 1 aromatic heterocycles. The molecule has 0 radical (unpaired) electrons. The molecule has 1 N–H and O–H groups in total. The van der Waals surface area contributed by atoms with Crippen molar-refractivity contribution in [3.05, 3.63) is 40.4 Å². The van der Waals surface area contributed by atoms with Crippen LogP contribution < -0.4 is 5.56 Å². The van der Waals surface area contributed by atoms with Gasteiger partial charge in [-0.15, -0.1) is 0 Å². The lowest BCUT2D eigenvalue weighted by Gasteiger charge is -2.28. The smallest absolute Gasteiger partial charge is 0.261 e. The number of morpholine rings is 1. The molecule has 118 valence electrons. The zero-order valence-corrected chi connectivity index (χ0v) is 12.7. The molecule has 0 bridgehead atoms. The number of hydrogen-bond donors (Lipinski definition) is 1. The summed E-state index contributed by atoms with van der Waals surface area (Å²) in [5, 5.41) is 10.9. The molecule has 0 aliphatic carbocycles. The van der Waals surface area contributed by atoms with Crippen LogP contribution in [-0.4, -0.2) is 58.5 Å². The number of aliphatic hydroxyl groups is 1. The number of benzene rings is 1. The Morgan fingerprint density at radius 3 is 2.77 bits per heavy atom. The van der Waals surface area contributed by atoms with Crippen LogP contribution in [0.25, 0.3) is 10.9 Å². The molecular weight excluding hydrogens is 282 g/mol. The van der Waals surface area contributed by atoms with Crippen molar-refractivity contribution in [1.29, 1.82) is 0 Å². The van der Waals surface area contributed by atoms with Gasteiger partial charge < -0.3 is 9.84 Å². The van der Waals surface area contributed by atoms with Crippen molar-refractivity contribution in [3.8, 4) is 0 Å². The van der Waals surface area contributed by atoms with Crippen molar-refractivity contribution in [1.82, 2.24) is 14.5 Å². The molecule has 1 saturated heterocycles. The Kier molecular flexibility index (Phi) is 4.52. The van der Waals surface area contributed by atoms with Gasteiger partial charge in [0.2, 0.25) is 0 Å². The van der Waals surface area contributed by atoms with E-state index in [9.17, 15) is 9.90 Å². The normalized spacial score (nSPS) is 17.7. The van der Waals surface area contributed by atoms with Crippen LogP contribution >= 0.6 is 0 Å². The molecule has 3 rings (SSSR count). The molecule has 2 heterocycles. The number of nitrogens with zero attached hydrogens (tertiary/aromatic N) is 3. The Labute approximate surface area is 129 Å². The van der Waals surface area contributed by atoms with E-state index in [0.29, 0.717) is 36.5 Å². The van der Waals surface area contributed by atoms with Crippen molar-refractivity contribution >= 4 is 10.9 Å². The lowest BCUT2D eigenvalue weighted by Crippen LogP contribution is -2.43. The summed E-state index contributed by atoms with van der Waals surface area (Å²) < 4.78 is 6.86. The Balaban J connectivity index is 1.79. The molecule has 0 saturated carbocycles. The van der Waals surface area contributed by atoms with Crippen LogP contribution in [0.4, 0.5) is 0 Å². The van der Waals surface area contributed by atoms with E-state index in [-0.39, 0.29) is 12.1 Å². The number of β-amino-alcohol motifs (C(OH)–C–C–N with tert-alkyl or cyclic N) is 1. The number of aromatic nitrogens is 2. The van der Waals surface area contributed by atoms with Crippen LogP contribution in [0.2, 0.25) is 0 Å². The van der Waals surface area contributed by atoms with Crippen molar-refractivity contribution in [2.24, 2.45) is 0 Å². The maximum Gasteiger partial charge on any atom is 0.261 e. The van der Waals surface area contributed by atoms with E-state index in [1.54, 1.807) is 17.6 Å². The number of hydrogen-bond acceptors (Lipinski definition) is 5. The number of aliphatic hydroxyl groups excluding tert-OH is 1. The van der Waals surface area contributed by atoms with Gasteiger partial charge in [-0.2, -0.15) is 0 Å². The molecule has 6 heteroatoms. The van der Waals surface area contributed by atoms with Crippen LogP contribution in [0.5, 0.6) is 0 Å². The molecule has 0 amide bonds. The molecule has 2 aromatic rings. The van der Waals surface area contributed by atoms with Crippen LogP contribution in [-0.2, 0) is 11.3 Å². The molecule has 6 nitrogen and oxygen atoms in total. The maximum absolute atomic E-state index is 12.6. The molecule has 0 unspecified atom stereocenters. The summed E-state index contributed by atoms with van der Waals surface area (Å²) in [6, 6.07) is 7.30. The standard InChI is InChI=1S/C16H21N3O3/c1-12-17-15-5-3-2-4-14(15)16(21)19(12)11-13(20)10-18-6-8-22-9-7-18/h2-5,13,20H,6-11H2,1H3/t13-/m1/s1. The van der Waals surface area contributed by atoms with Gasteiger partial charge in [-0.25, -0.2) is 4.98 Å². The van der Waals surface area contributed by atoms with Gasteiger partial charge in [0.25, 0.3) is 5.56 Å². The molecule has 1 aromatic carbocycles. The Morgan fingerprint density at radius 1 is 1.27 bits per heavy atom. The van der Waals surface area contributed by atoms with E-state index in [4.69, 9.17) is 4.74 Å². The summed E-state index contributed by atoms with van der Waals surface area (Å²) in [5.41, 5.74) is 0.605. The fourth-order valence-electron chi connectivity index (χ4n) is 2.84. The molecule has 1 fully saturated rings. The Hall–Kier alpha value is -1.76. The highest BCUT2D eigenvalue weighted by molar-refractivity contribution is 5.77. The van der Waals surface area contributed by atoms with Crippen molar-refractivity contribution in [2.75, 3.05) is 32.8 Å². The highest BCUT2D eigenvalue weighted by Crippen LogP contribution is 2.08. The second kappa shape index (κ2) is 6.56. The summed E-state index contributed by atoms with van der Waals surface area (Å²) in [6.07, 6.45) is -0.600. The average molecular weight is 303 g/mol. The zero-order chi connectivity index (χ0) is 15.5. The van der Waals surface area contributed by atoms with Gasteiger partial charge >= 0.3 is 0 Å². The number of para-hydroxylation sites is 1. The van der Waals surface area contributed by atoms with E-state index in [0.717, 1.165) is 13.1 Å². The average Bonchev–Trinajstić information content (AvgIpc) is 2.52. The third-order valence-electron chi connectivity index (χ3n) is 4.02. The highest BCUT2D eigenvalue weighted by Gasteiger charge is 2.17. The quantitative estimate of drug-likeness (QED) is 0.885. The topological polar surface area (TPSA) is 67.6 Å². The summed E-state index contributed by atoms with van der Waals surface area (Å²) in [7, 11) is 0. The van der Waals surface area contributed by atoms with Crippen LogP contribution in [0, 0.1) is 6.92 Å². The lowest BCUT2D eigenvalue weighted by atomic mass is 10.2. The van der Waals surface area contributed by atoms with Gasteiger partial charge in [-0.1, -0.05) is 12.1 Å². The molecule has 22 heavy (non-hydrogen) atoms. The number of rotatable bonds is 4. The number of ether oxygens (including phenoxy) is 1. The van der Waals surface area contributed by atoms with Gasteiger partial charge in [-0.3, -0.25) is 14.3 Å². The third-order valence-corrected chi connectivity index (χ3v) is 4.02. The fourth-order valence-corrected chi connectivity index (χ4v) is 2.84. The Bertz CT molecular complexity index is 707. The van der Waals surface area contributed by atoms with Crippen LogP contribution in [0.1, 0.15) is 5.82 Å². The fraction of sp³-hybridized carbons (Fsp3) is 0.500. The zero-order valence-electron chi connectivity index (χ0n) is 12.7. The lowest BCUT2D eigenvalue weighted by molar-refractivity contribution is 0.0112. The predicted octanol–water partition coefficient (Wildman–Crippen LogP) is 0.398. The van der Waals surface area contributed by atoms with E-state index >= 15 is 0 Å². The van der Waals surface area contributed by atoms with E-state index in [2.05, 4.69) is 9.88 Å². The molecule has 1 atom stereocenters. The van der Waals surface area contributed by atoms with Crippen molar-refractivity contribution in [3.63, 3.8) is 0 Å². The monoisotopic (exact) mass is 303 g/mol. The van der Waals surface area contributed by atoms with Gasteiger partial charge in [0.15, 0.2) is 0 Å². The third kappa shape index (κ3) is 3.19. The summed E-state index contributed by atoms with van der Waals surface area (Å²) in [5.74, 6) is 0.629. The van der Waals surface area contributed by atoms with Crippen molar-refractivity contribution < 1.29 is 9.84 Å². The molecule has 0 spiro atoms. The van der Waals surface area contributed by atoms with Gasteiger partial charge in [-0.05, 0) is 19.1 Å². The van der Waals surface area contributed by atoms with E-state index in [1.807, 2.05) is 18.2 Å². The van der Waals surface area contributed by atoms with E-state index in [1.165, 1.54) is 0 Å². The highest BCUT2D eigenvalue weighted by atomic mass is 16.5. The second-order valence-corrected chi connectivity index (χ2v) is 5.66. The summed E-state index contributed by atoms with van der Waals surface area (Å²) >= 11 is 0. The minimum Gasteiger partial charge on any atom is -0.390 e. The minimum atomic E-state index is -0.600. The largest absolute Gasteiger partial charge is 0.390 e. The molecule has 1 aliphatic heterocycles.